The Balaban J connectivity index is 1.73. The molecule has 24 heavy (non-hydrogen) atoms. The van der Waals surface area contributed by atoms with E-state index in [1.165, 1.54) is 49.8 Å². The van der Waals surface area contributed by atoms with Gasteiger partial charge in [0.25, 0.3) is 0 Å². The minimum atomic E-state index is 0.263. The Morgan fingerprint density at radius 3 is 2.54 bits per heavy atom. The third kappa shape index (κ3) is 2.34. The Bertz CT molecular complexity index is 616. The van der Waals surface area contributed by atoms with E-state index < -0.39 is 0 Å². The maximum atomic E-state index is 2.79. The van der Waals surface area contributed by atoms with Gasteiger partial charge in [-0.3, -0.25) is 0 Å². The number of nitrogens with zero attached hydrogens (tertiary/aromatic N) is 1. The summed E-state index contributed by atoms with van der Waals surface area (Å²) < 4.78 is 0. The normalized spacial score (nSPS) is 41.0. The lowest BCUT2D eigenvalue weighted by Gasteiger charge is -2.52. The number of benzene rings is 1. The Kier molecular flexibility index (Phi) is 3.79. The highest BCUT2D eigenvalue weighted by atomic mass is 15.3. The first-order valence-electron chi connectivity index (χ1n) is 10.2. The minimum Gasteiger partial charge on any atom is -0.363 e. The van der Waals surface area contributed by atoms with Gasteiger partial charge in [-0.05, 0) is 101 Å². The largest absolute Gasteiger partial charge is 0.363 e. The van der Waals surface area contributed by atoms with Gasteiger partial charge in [0, 0.05) is 17.3 Å². The first kappa shape index (κ1) is 16.5. The standard InChI is InChI=1S/C23H35N/c1-16-12-19-10-11-23(20(13-16)14-19)15-22(4,5)24(18(23)3)21-9-7-6-8-17(21)2/h6-9,16,18-20H,10-15H2,1-5H3. The van der Waals surface area contributed by atoms with E-state index in [9.17, 15) is 0 Å². The van der Waals surface area contributed by atoms with Crippen LogP contribution in [0.1, 0.15) is 71.8 Å². The van der Waals surface area contributed by atoms with Crippen molar-refractivity contribution in [3.63, 3.8) is 0 Å². The third-order valence-corrected chi connectivity index (χ3v) is 7.88. The molecule has 0 N–H and O–H groups in total. The molecule has 132 valence electrons. The van der Waals surface area contributed by atoms with Crippen LogP contribution in [0.5, 0.6) is 0 Å². The highest BCUT2D eigenvalue weighted by Crippen LogP contribution is 2.62. The van der Waals surface area contributed by atoms with Crippen LogP contribution in [-0.4, -0.2) is 11.6 Å². The topological polar surface area (TPSA) is 3.24 Å². The zero-order chi connectivity index (χ0) is 17.1. The molecule has 2 bridgehead atoms. The van der Waals surface area contributed by atoms with Crippen molar-refractivity contribution in [2.45, 2.75) is 84.7 Å². The van der Waals surface area contributed by atoms with Gasteiger partial charge in [0.05, 0.1) is 0 Å². The van der Waals surface area contributed by atoms with Gasteiger partial charge in [0.2, 0.25) is 0 Å². The summed E-state index contributed by atoms with van der Waals surface area (Å²) in [4.78, 5) is 2.79. The predicted octanol–water partition coefficient (Wildman–Crippen LogP) is 6.20. The number of anilines is 1. The molecular weight excluding hydrogens is 290 g/mol. The van der Waals surface area contributed by atoms with E-state index in [1.54, 1.807) is 0 Å². The van der Waals surface area contributed by atoms with Crippen molar-refractivity contribution in [3.05, 3.63) is 29.8 Å². The van der Waals surface area contributed by atoms with Crippen LogP contribution in [0.15, 0.2) is 24.3 Å². The first-order chi connectivity index (χ1) is 11.3. The van der Waals surface area contributed by atoms with Gasteiger partial charge in [-0.2, -0.15) is 0 Å². The molecule has 2 saturated carbocycles. The Morgan fingerprint density at radius 2 is 1.79 bits per heavy atom. The van der Waals surface area contributed by atoms with Gasteiger partial charge in [-0.1, -0.05) is 25.1 Å². The maximum absolute atomic E-state index is 2.79. The molecule has 4 rings (SSSR count). The molecule has 3 aliphatic rings. The minimum absolute atomic E-state index is 0.263. The Morgan fingerprint density at radius 1 is 1.04 bits per heavy atom. The summed E-state index contributed by atoms with van der Waals surface area (Å²) in [7, 11) is 0. The number of hydrogen-bond acceptors (Lipinski definition) is 1. The van der Waals surface area contributed by atoms with E-state index in [0.717, 1.165) is 17.8 Å². The van der Waals surface area contributed by atoms with Gasteiger partial charge in [-0.15, -0.1) is 0 Å². The van der Waals surface area contributed by atoms with E-state index in [0.29, 0.717) is 11.5 Å². The van der Waals surface area contributed by atoms with Crippen molar-refractivity contribution in [3.8, 4) is 0 Å². The van der Waals surface area contributed by atoms with Crippen molar-refractivity contribution < 1.29 is 0 Å². The molecule has 1 nitrogen and oxygen atoms in total. The quantitative estimate of drug-likeness (QED) is 0.593. The van der Waals surface area contributed by atoms with Crippen molar-refractivity contribution in [2.75, 3.05) is 4.90 Å². The molecule has 0 aromatic heterocycles. The summed E-state index contributed by atoms with van der Waals surface area (Å²) in [5.74, 6) is 2.91. The molecule has 2 aliphatic carbocycles. The van der Waals surface area contributed by atoms with Crippen LogP contribution in [-0.2, 0) is 0 Å². The molecule has 1 aromatic rings. The molecule has 5 unspecified atom stereocenters. The van der Waals surface area contributed by atoms with Crippen LogP contribution >= 0.6 is 0 Å². The molecule has 0 amide bonds. The molecule has 1 aromatic carbocycles. The van der Waals surface area contributed by atoms with Crippen LogP contribution in [0.3, 0.4) is 0 Å². The fourth-order valence-electron chi connectivity index (χ4n) is 7.10. The molecular formula is C23H35N. The number of rotatable bonds is 1. The number of hydrogen-bond donors (Lipinski definition) is 0. The van der Waals surface area contributed by atoms with Gasteiger partial charge in [0.1, 0.15) is 0 Å². The maximum Gasteiger partial charge on any atom is 0.0402 e. The second kappa shape index (κ2) is 5.51. The lowest BCUT2D eigenvalue weighted by Crippen LogP contribution is -2.49. The molecule has 1 aliphatic heterocycles. The second-order valence-corrected chi connectivity index (χ2v) is 9.97. The summed E-state index contributed by atoms with van der Waals surface area (Å²) in [6.45, 7) is 12.3. The highest BCUT2D eigenvalue weighted by Gasteiger charge is 2.59. The summed E-state index contributed by atoms with van der Waals surface area (Å²) >= 11 is 0. The smallest absolute Gasteiger partial charge is 0.0402 e. The predicted molar refractivity (Wildman–Crippen MR) is 103 cm³/mol. The number of para-hydroxylation sites is 1. The lowest BCUT2D eigenvalue weighted by atomic mass is 9.53. The molecule has 0 radical (unpaired) electrons. The van der Waals surface area contributed by atoms with Crippen molar-refractivity contribution in [1.29, 1.82) is 0 Å². The van der Waals surface area contributed by atoms with E-state index in [2.05, 4.69) is 63.8 Å². The van der Waals surface area contributed by atoms with Crippen LogP contribution < -0.4 is 4.90 Å². The van der Waals surface area contributed by atoms with Gasteiger partial charge < -0.3 is 4.90 Å². The van der Waals surface area contributed by atoms with Crippen molar-refractivity contribution in [2.24, 2.45) is 23.2 Å². The zero-order valence-electron chi connectivity index (χ0n) is 16.3. The van der Waals surface area contributed by atoms with E-state index in [-0.39, 0.29) is 5.54 Å². The van der Waals surface area contributed by atoms with Crippen LogP contribution in [0.25, 0.3) is 0 Å². The fourth-order valence-corrected chi connectivity index (χ4v) is 7.10. The van der Waals surface area contributed by atoms with Gasteiger partial charge in [0.15, 0.2) is 0 Å². The summed E-state index contributed by atoms with van der Waals surface area (Å²) in [6.07, 6.45) is 8.78. The molecule has 1 heteroatoms. The Hall–Kier alpha value is -0.980. The molecule has 1 saturated heterocycles. The molecule has 1 spiro atoms. The summed E-state index contributed by atoms with van der Waals surface area (Å²) in [5.41, 5.74) is 3.70. The summed E-state index contributed by atoms with van der Waals surface area (Å²) in [6, 6.07) is 9.68. The molecule has 1 heterocycles. The lowest BCUT2D eigenvalue weighted by molar-refractivity contribution is 0.0000449. The SMILES string of the molecule is Cc1ccccc1N1C(C)C2(CCC3CC(C)CC2C3)CC1(C)C. The average molecular weight is 326 g/mol. The average Bonchev–Trinajstić information content (AvgIpc) is 2.71. The highest BCUT2D eigenvalue weighted by molar-refractivity contribution is 5.57. The number of fused-ring (bicyclic) bond motifs is 3. The second-order valence-electron chi connectivity index (χ2n) is 9.97. The van der Waals surface area contributed by atoms with Crippen molar-refractivity contribution >= 4 is 5.69 Å². The monoisotopic (exact) mass is 325 g/mol. The number of aryl methyl sites for hydroxylation is 1. The zero-order valence-corrected chi connectivity index (χ0v) is 16.3. The van der Waals surface area contributed by atoms with E-state index in [4.69, 9.17) is 0 Å². The molecule has 3 fully saturated rings. The van der Waals surface area contributed by atoms with Gasteiger partial charge in [-0.25, -0.2) is 0 Å². The summed E-state index contributed by atoms with van der Waals surface area (Å²) in [5, 5.41) is 0. The van der Waals surface area contributed by atoms with E-state index in [1.807, 2.05) is 0 Å². The third-order valence-electron chi connectivity index (χ3n) is 7.88. The molecule has 5 atom stereocenters. The van der Waals surface area contributed by atoms with Crippen molar-refractivity contribution in [1.82, 2.24) is 0 Å². The first-order valence-corrected chi connectivity index (χ1v) is 10.2. The van der Waals surface area contributed by atoms with Gasteiger partial charge >= 0.3 is 0 Å². The van der Waals surface area contributed by atoms with Crippen LogP contribution in [0.4, 0.5) is 5.69 Å². The van der Waals surface area contributed by atoms with Crippen LogP contribution in [0, 0.1) is 30.1 Å². The fraction of sp³-hybridized carbons (Fsp3) is 0.739. The Labute approximate surface area is 148 Å². The van der Waals surface area contributed by atoms with E-state index >= 15 is 0 Å². The van der Waals surface area contributed by atoms with Crippen LogP contribution in [0.2, 0.25) is 0 Å².